The number of ether oxygens (including phenoxy) is 1. The van der Waals surface area contributed by atoms with Crippen LogP contribution in [0.3, 0.4) is 0 Å². The molecule has 1 heterocycles. The predicted octanol–water partition coefficient (Wildman–Crippen LogP) is 5.39. The Bertz CT molecular complexity index is 853. The maximum Gasteiger partial charge on any atom is 0.328 e. The fraction of sp³-hybridized carbons (Fsp3) is 0.364. The molecule has 2 aromatic carbocycles. The Morgan fingerprint density at radius 3 is 2.50 bits per heavy atom. The van der Waals surface area contributed by atoms with Gasteiger partial charge in [0.15, 0.2) is 0 Å². The van der Waals surface area contributed by atoms with E-state index < -0.39 is 12.0 Å². The topological polar surface area (TPSA) is 46.6 Å². The van der Waals surface area contributed by atoms with Gasteiger partial charge in [-0.1, -0.05) is 47.5 Å². The van der Waals surface area contributed by atoms with Crippen molar-refractivity contribution in [2.45, 2.75) is 44.7 Å². The molecular weight excluding hydrogens is 397 g/mol. The Balaban J connectivity index is 2.08. The van der Waals surface area contributed by atoms with E-state index in [9.17, 15) is 9.59 Å². The molecule has 1 aliphatic heterocycles. The van der Waals surface area contributed by atoms with Gasteiger partial charge in [-0.2, -0.15) is 0 Å². The van der Waals surface area contributed by atoms with E-state index >= 15 is 0 Å². The summed E-state index contributed by atoms with van der Waals surface area (Å²) in [4.78, 5) is 27.0. The molecule has 2 aromatic rings. The Morgan fingerprint density at radius 2 is 1.86 bits per heavy atom. The van der Waals surface area contributed by atoms with Crippen LogP contribution in [0.4, 0.5) is 0 Å². The molecule has 0 bridgehead atoms. The van der Waals surface area contributed by atoms with Crippen molar-refractivity contribution in [1.29, 1.82) is 0 Å². The number of benzene rings is 2. The van der Waals surface area contributed by atoms with Crippen molar-refractivity contribution in [3.05, 3.63) is 69.7 Å². The van der Waals surface area contributed by atoms with E-state index in [0.29, 0.717) is 22.9 Å². The molecule has 1 fully saturated rings. The zero-order chi connectivity index (χ0) is 20.3. The number of hydrogen-bond donors (Lipinski definition) is 0. The van der Waals surface area contributed by atoms with Crippen molar-refractivity contribution < 1.29 is 14.3 Å². The molecule has 0 N–H and O–H groups in total. The molecule has 4 nitrogen and oxygen atoms in total. The van der Waals surface area contributed by atoms with Gasteiger partial charge in [-0.05, 0) is 55.7 Å². The fourth-order valence-electron chi connectivity index (χ4n) is 3.89. The quantitative estimate of drug-likeness (QED) is 0.610. The summed E-state index contributed by atoms with van der Waals surface area (Å²) in [6, 6.07) is 14.1. The number of carbonyl (C=O) groups excluding carboxylic acids is 2. The first-order chi connectivity index (χ1) is 13.4. The first-order valence-electron chi connectivity index (χ1n) is 9.41. The average molecular weight is 420 g/mol. The second-order valence-corrected chi connectivity index (χ2v) is 7.80. The summed E-state index contributed by atoms with van der Waals surface area (Å²) >= 11 is 12.3. The number of halogens is 2. The van der Waals surface area contributed by atoms with Crippen LogP contribution in [-0.2, 0) is 14.3 Å². The van der Waals surface area contributed by atoms with E-state index in [1.165, 1.54) is 0 Å². The monoisotopic (exact) mass is 419 g/mol. The van der Waals surface area contributed by atoms with E-state index in [0.717, 1.165) is 11.1 Å². The molecule has 0 saturated carbocycles. The summed E-state index contributed by atoms with van der Waals surface area (Å²) in [5, 5.41) is 1.27. The predicted molar refractivity (Wildman–Crippen MR) is 111 cm³/mol. The minimum absolute atomic E-state index is 0.00875. The maximum absolute atomic E-state index is 12.9. The maximum atomic E-state index is 12.9. The number of piperidine rings is 1. The second-order valence-electron chi connectivity index (χ2n) is 6.93. The molecule has 1 aliphatic rings. The Labute approximate surface area is 175 Å². The number of likely N-dealkylation sites (tertiary alicyclic amines) is 1. The summed E-state index contributed by atoms with van der Waals surface area (Å²) in [5.74, 6) is -0.449. The largest absolute Gasteiger partial charge is 0.464 e. The first kappa shape index (κ1) is 20.7. The average Bonchev–Trinajstić information content (AvgIpc) is 2.68. The molecule has 3 atom stereocenters. The molecule has 0 radical (unpaired) electrons. The van der Waals surface area contributed by atoms with Crippen LogP contribution < -0.4 is 0 Å². The standard InChI is InChI=1S/C22H23Cl2NO3/c1-3-28-22(27)14(2)25-20(26)12-11-19(16-5-4-6-18(24)13-16)21(25)15-7-9-17(23)10-8-15/h4-10,13-14,19,21H,3,11-12H2,1-2H3/t14-,19+,21+/m0/s1. The number of carbonyl (C=O) groups is 2. The smallest absolute Gasteiger partial charge is 0.328 e. The van der Waals surface area contributed by atoms with Gasteiger partial charge in [0.05, 0.1) is 12.6 Å². The molecule has 28 heavy (non-hydrogen) atoms. The molecule has 6 heteroatoms. The molecule has 1 saturated heterocycles. The van der Waals surface area contributed by atoms with Gasteiger partial charge in [0, 0.05) is 22.4 Å². The van der Waals surface area contributed by atoms with Gasteiger partial charge < -0.3 is 9.64 Å². The summed E-state index contributed by atoms with van der Waals surface area (Å²) < 4.78 is 5.19. The van der Waals surface area contributed by atoms with Gasteiger partial charge in [-0.15, -0.1) is 0 Å². The van der Waals surface area contributed by atoms with Crippen LogP contribution in [0, 0.1) is 0 Å². The molecular formula is C22H23Cl2NO3. The molecule has 0 aliphatic carbocycles. The van der Waals surface area contributed by atoms with Crippen LogP contribution in [0.2, 0.25) is 10.0 Å². The minimum Gasteiger partial charge on any atom is -0.464 e. The van der Waals surface area contributed by atoms with E-state index in [4.69, 9.17) is 27.9 Å². The highest BCUT2D eigenvalue weighted by atomic mass is 35.5. The molecule has 0 spiro atoms. The zero-order valence-electron chi connectivity index (χ0n) is 15.9. The van der Waals surface area contributed by atoms with E-state index in [1.54, 1.807) is 30.9 Å². The highest BCUT2D eigenvalue weighted by molar-refractivity contribution is 6.30. The zero-order valence-corrected chi connectivity index (χ0v) is 17.4. The van der Waals surface area contributed by atoms with Gasteiger partial charge in [0.1, 0.15) is 6.04 Å². The molecule has 3 rings (SSSR count). The van der Waals surface area contributed by atoms with Crippen molar-refractivity contribution in [3.8, 4) is 0 Å². The lowest BCUT2D eigenvalue weighted by Crippen LogP contribution is -2.50. The third kappa shape index (κ3) is 4.34. The van der Waals surface area contributed by atoms with Crippen LogP contribution in [-0.4, -0.2) is 29.4 Å². The lowest BCUT2D eigenvalue weighted by atomic mass is 9.79. The number of hydrogen-bond acceptors (Lipinski definition) is 3. The Morgan fingerprint density at radius 1 is 1.14 bits per heavy atom. The third-order valence-electron chi connectivity index (χ3n) is 5.17. The van der Waals surface area contributed by atoms with Crippen molar-refractivity contribution in [2.24, 2.45) is 0 Å². The Kier molecular flexibility index (Phi) is 6.63. The lowest BCUT2D eigenvalue weighted by molar-refractivity contribution is -0.158. The highest BCUT2D eigenvalue weighted by Crippen LogP contribution is 2.44. The summed E-state index contributed by atoms with van der Waals surface area (Å²) in [5.41, 5.74) is 1.97. The molecule has 0 aromatic heterocycles. The van der Waals surface area contributed by atoms with Gasteiger partial charge >= 0.3 is 5.97 Å². The molecule has 148 valence electrons. The Hall–Kier alpha value is -2.04. The number of esters is 1. The summed E-state index contributed by atoms with van der Waals surface area (Å²) in [7, 11) is 0. The van der Waals surface area contributed by atoms with Crippen LogP contribution >= 0.6 is 23.2 Å². The normalized spacial score (nSPS) is 20.7. The number of rotatable bonds is 5. The van der Waals surface area contributed by atoms with Crippen molar-refractivity contribution in [2.75, 3.05) is 6.61 Å². The van der Waals surface area contributed by atoms with Crippen LogP contribution in [0.15, 0.2) is 48.5 Å². The fourth-order valence-corrected chi connectivity index (χ4v) is 4.21. The van der Waals surface area contributed by atoms with Gasteiger partial charge in [0.25, 0.3) is 0 Å². The molecule has 1 amide bonds. The second kappa shape index (κ2) is 8.97. The van der Waals surface area contributed by atoms with Crippen molar-refractivity contribution >= 4 is 35.1 Å². The van der Waals surface area contributed by atoms with Gasteiger partial charge in [-0.25, -0.2) is 4.79 Å². The summed E-state index contributed by atoms with van der Waals surface area (Å²) in [6.07, 6.45) is 1.05. The van der Waals surface area contributed by atoms with Crippen molar-refractivity contribution in [1.82, 2.24) is 4.90 Å². The van der Waals surface area contributed by atoms with Crippen molar-refractivity contribution in [3.63, 3.8) is 0 Å². The third-order valence-corrected chi connectivity index (χ3v) is 5.66. The molecule has 0 unspecified atom stereocenters. The minimum atomic E-state index is -0.685. The van der Waals surface area contributed by atoms with Gasteiger partial charge in [-0.3, -0.25) is 4.79 Å². The number of amides is 1. The lowest BCUT2D eigenvalue weighted by Gasteiger charge is -2.44. The van der Waals surface area contributed by atoms with Crippen LogP contribution in [0.1, 0.15) is 49.8 Å². The summed E-state index contributed by atoms with van der Waals surface area (Å²) in [6.45, 7) is 3.75. The van der Waals surface area contributed by atoms with Crippen LogP contribution in [0.5, 0.6) is 0 Å². The van der Waals surface area contributed by atoms with Gasteiger partial charge in [0.2, 0.25) is 5.91 Å². The van der Waals surface area contributed by atoms with E-state index in [1.807, 2.05) is 36.4 Å². The number of nitrogens with zero attached hydrogens (tertiary/aromatic N) is 1. The first-order valence-corrected chi connectivity index (χ1v) is 10.2. The van der Waals surface area contributed by atoms with E-state index in [-0.39, 0.29) is 24.5 Å². The van der Waals surface area contributed by atoms with E-state index in [2.05, 4.69) is 0 Å². The SMILES string of the molecule is CCOC(=O)[C@H](C)N1C(=O)CC[C@H](c2cccc(Cl)c2)[C@H]1c1ccc(Cl)cc1. The van der Waals surface area contributed by atoms with Crippen LogP contribution in [0.25, 0.3) is 0 Å². The highest BCUT2D eigenvalue weighted by Gasteiger charge is 2.42.